The lowest BCUT2D eigenvalue weighted by molar-refractivity contribution is 0.477. The quantitative estimate of drug-likeness (QED) is 0.527. The maximum absolute atomic E-state index is 10.2. The molecule has 4 rings (SSSR count). The van der Waals surface area contributed by atoms with Crippen LogP contribution >= 0.6 is 11.6 Å². The number of phenols is 1. The SMILES string of the molecule is Oc1ccccc1-c1cc(-c2ccccc2)n(-c2ccccc2Cl)n1. The van der Waals surface area contributed by atoms with E-state index < -0.39 is 0 Å². The average molecular weight is 347 g/mol. The molecule has 0 atom stereocenters. The number of hydrogen-bond donors (Lipinski definition) is 1. The molecule has 1 aromatic heterocycles. The smallest absolute Gasteiger partial charge is 0.125 e. The standard InChI is InChI=1S/C21H15ClN2O/c22-17-11-5-6-12-19(17)24-20(15-8-2-1-3-9-15)14-18(23-24)16-10-4-7-13-21(16)25/h1-14,25H. The lowest BCUT2D eigenvalue weighted by Gasteiger charge is -2.09. The molecule has 0 aliphatic rings. The topological polar surface area (TPSA) is 38.0 Å². The largest absolute Gasteiger partial charge is 0.507 e. The van der Waals surface area contributed by atoms with Crippen LogP contribution < -0.4 is 0 Å². The number of hydrogen-bond acceptors (Lipinski definition) is 2. The van der Waals surface area contributed by atoms with Crippen molar-refractivity contribution < 1.29 is 5.11 Å². The van der Waals surface area contributed by atoms with E-state index in [9.17, 15) is 5.11 Å². The van der Waals surface area contributed by atoms with Crippen molar-refractivity contribution in [3.05, 3.63) is 90.0 Å². The van der Waals surface area contributed by atoms with Crippen molar-refractivity contribution in [1.82, 2.24) is 9.78 Å². The Morgan fingerprint density at radius 1 is 0.800 bits per heavy atom. The molecule has 4 heteroatoms. The summed E-state index contributed by atoms with van der Waals surface area (Å²) in [5.74, 6) is 0.200. The summed E-state index contributed by atoms with van der Waals surface area (Å²) in [5.41, 5.74) is 4.11. The zero-order valence-electron chi connectivity index (χ0n) is 13.3. The molecule has 3 aromatic carbocycles. The molecule has 0 bridgehead atoms. The second kappa shape index (κ2) is 6.46. The first-order chi connectivity index (χ1) is 12.2. The zero-order valence-corrected chi connectivity index (χ0v) is 14.1. The summed E-state index contributed by atoms with van der Waals surface area (Å²) in [6, 6.07) is 26.7. The Morgan fingerprint density at radius 2 is 1.48 bits per heavy atom. The number of para-hydroxylation sites is 2. The highest BCUT2D eigenvalue weighted by molar-refractivity contribution is 6.32. The molecule has 3 nitrogen and oxygen atoms in total. The Balaban J connectivity index is 1.96. The maximum Gasteiger partial charge on any atom is 0.125 e. The Labute approximate surface area is 150 Å². The van der Waals surface area contributed by atoms with Crippen LogP contribution in [0, 0.1) is 0 Å². The van der Waals surface area contributed by atoms with Gasteiger partial charge in [-0.25, -0.2) is 4.68 Å². The number of aromatic hydroxyl groups is 1. The molecule has 0 saturated carbocycles. The van der Waals surface area contributed by atoms with Gasteiger partial charge in [-0.1, -0.05) is 66.2 Å². The molecule has 0 spiro atoms. The predicted molar refractivity (Wildman–Crippen MR) is 101 cm³/mol. The van der Waals surface area contributed by atoms with Crippen molar-refractivity contribution in [2.24, 2.45) is 0 Å². The zero-order chi connectivity index (χ0) is 17.2. The summed E-state index contributed by atoms with van der Waals surface area (Å²) in [6.07, 6.45) is 0. The first-order valence-electron chi connectivity index (χ1n) is 7.93. The molecule has 0 aliphatic heterocycles. The van der Waals surface area contributed by atoms with Crippen LogP contribution in [0.5, 0.6) is 5.75 Å². The molecule has 0 aliphatic carbocycles. The minimum Gasteiger partial charge on any atom is -0.507 e. The maximum atomic E-state index is 10.2. The minimum atomic E-state index is 0.200. The van der Waals surface area contributed by atoms with Crippen molar-refractivity contribution >= 4 is 11.6 Å². The molecule has 122 valence electrons. The fourth-order valence-electron chi connectivity index (χ4n) is 2.82. The second-order valence-corrected chi connectivity index (χ2v) is 6.07. The van der Waals surface area contributed by atoms with Gasteiger partial charge >= 0.3 is 0 Å². The Morgan fingerprint density at radius 3 is 2.24 bits per heavy atom. The predicted octanol–water partition coefficient (Wildman–Crippen LogP) is 5.57. The van der Waals surface area contributed by atoms with Crippen LogP contribution in [0.1, 0.15) is 0 Å². The van der Waals surface area contributed by atoms with Crippen LogP contribution in [-0.4, -0.2) is 14.9 Å². The summed E-state index contributed by atoms with van der Waals surface area (Å²) < 4.78 is 1.82. The van der Waals surface area contributed by atoms with Crippen molar-refractivity contribution in [1.29, 1.82) is 0 Å². The van der Waals surface area contributed by atoms with Gasteiger partial charge in [0.2, 0.25) is 0 Å². The van der Waals surface area contributed by atoms with Gasteiger partial charge in [-0.15, -0.1) is 0 Å². The van der Waals surface area contributed by atoms with Crippen LogP contribution in [0.25, 0.3) is 28.2 Å². The number of nitrogens with zero attached hydrogens (tertiary/aromatic N) is 2. The highest BCUT2D eigenvalue weighted by atomic mass is 35.5. The third-order valence-electron chi connectivity index (χ3n) is 4.04. The Hall–Kier alpha value is -3.04. The van der Waals surface area contributed by atoms with Crippen LogP contribution in [-0.2, 0) is 0 Å². The molecule has 0 amide bonds. The molecular weight excluding hydrogens is 332 g/mol. The fourth-order valence-corrected chi connectivity index (χ4v) is 3.04. The second-order valence-electron chi connectivity index (χ2n) is 5.66. The number of aromatic nitrogens is 2. The first kappa shape index (κ1) is 15.5. The van der Waals surface area contributed by atoms with Gasteiger partial charge in [0.1, 0.15) is 5.75 Å². The molecule has 1 N–H and O–H groups in total. The molecule has 25 heavy (non-hydrogen) atoms. The van der Waals surface area contributed by atoms with E-state index in [4.69, 9.17) is 16.7 Å². The van der Waals surface area contributed by atoms with E-state index in [0.29, 0.717) is 16.3 Å². The highest BCUT2D eigenvalue weighted by Gasteiger charge is 2.16. The molecule has 0 saturated heterocycles. The lowest BCUT2D eigenvalue weighted by atomic mass is 10.1. The van der Waals surface area contributed by atoms with Crippen molar-refractivity contribution in [2.75, 3.05) is 0 Å². The van der Waals surface area contributed by atoms with E-state index in [1.165, 1.54) is 0 Å². The van der Waals surface area contributed by atoms with Crippen LogP contribution in [0.3, 0.4) is 0 Å². The Kier molecular flexibility index (Phi) is 4.00. The third kappa shape index (κ3) is 2.90. The monoisotopic (exact) mass is 346 g/mol. The van der Waals surface area contributed by atoms with Gasteiger partial charge in [0, 0.05) is 11.1 Å². The summed E-state index contributed by atoms with van der Waals surface area (Å²) in [5, 5.41) is 15.5. The van der Waals surface area contributed by atoms with E-state index in [0.717, 1.165) is 16.9 Å². The van der Waals surface area contributed by atoms with Gasteiger partial charge < -0.3 is 5.11 Å². The van der Waals surface area contributed by atoms with E-state index in [1.54, 1.807) is 12.1 Å². The Bertz CT molecular complexity index is 1030. The normalized spacial score (nSPS) is 10.8. The lowest BCUT2D eigenvalue weighted by Crippen LogP contribution is -2.00. The van der Waals surface area contributed by atoms with Crippen LogP contribution in [0.2, 0.25) is 5.02 Å². The number of halogens is 1. The van der Waals surface area contributed by atoms with Crippen molar-refractivity contribution in [2.45, 2.75) is 0 Å². The first-order valence-corrected chi connectivity index (χ1v) is 8.30. The molecule has 4 aromatic rings. The third-order valence-corrected chi connectivity index (χ3v) is 4.36. The molecular formula is C21H15ClN2O. The van der Waals surface area contributed by atoms with Gasteiger partial charge in [0.25, 0.3) is 0 Å². The van der Waals surface area contributed by atoms with E-state index >= 15 is 0 Å². The van der Waals surface area contributed by atoms with Crippen molar-refractivity contribution in [3.8, 4) is 34.0 Å². The van der Waals surface area contributed by atoms with E-state index in [-0.39, 0.29) is 5.75 Å². The summed E-state index contributed by atoms with van der Waals surface area (Å²) in [7, 11) is 0. The van der Waals surface area contributed by atoms with E-state index in [2.05, 4.69) is 0 Å². The van der Waals surface area contributed by atoms with Gasteiger partial charge in [0.05, 0.1) is 22.1 Å². The minimum absolute atomic E-state index is 0.200. The summed E-state index contributed by atoms with van der Waals surface area (Å²) >= 11 is 6.39. The highest BCUT2D eigenvalue weighted by Crippen LogP contribution is 2.34. The molecule has 0 unspecified atom stereocenters. The van der Waals surface area contributed by atoms with Gasteiger partial charge in [0.15, 0.2) is 0 Å². The van der Waals surface area contributed by atoms with Gasteiger partial charge in [-0.05, 0) is 30.3 Å². The van der Waals surface area contributed by atoms with Crippen LogP contribution in [0.4, 0.5) is 0 Å². The molecule has 0 fully saturated rings. The number of benzene rings is 3. The number of rotatable bonds is 3. The number of phenolic OH excluding ortho intramolecular Hbond substituents is 1. The van der Waals surface area contributed by atoms with Gasteiger partial charge in [-0.3, -0.25) is 0 Å². The van der Waals surface area contributed by atoms with E-state index in [1.807, 2.05) is 77.5 Å². The summed E-state index contributed by atoms with van der Waals surface area (Å²) in [4.78, 5) is 0. The molecule has 0 radical (unpaired) electrons. The van der Waals surface area contributed by atoms with Crippen molar-refractivity contribution in [3.63, 3.8) is 0 Å². The fraction of sp³-hybridized carbons (Fsp3) is 0. The van der Waals surface area contributed by atoms with Gasteiger partial charge in [-0.2, -0.15) is 5.10 Å². The van der Waals surface area contributed by atoms with Crippen LogP contribution in [0.15, 0.2) is 84.9 Å². The summed E-state index contributed by atoms with van der Waals surface area (Å²) in [6.45, 7) is 0. The molecule has 1 heterocycles. The average Bonchev–Trinajstić information content (AvgIpc) is 3.08.